The highest BCUT2D eigenvalue weighted by atomic mass is 16.5. The van der Waals surface area contributed by atoms with Crippen LogP contribution in [0.1, 0.15) is 6.92 Å². The van der Waals surface area contributed by atoms with Crippen LogP contribution in [0.3, 0.4) is 0 Å². The molecule has 0 heterocycles. The fourth-order valence-corrected chi connectivity index (χ4v) is 1.13. The molecule has 5 heteroatoms. The minimum Gasteiger partial charge on any atom is -0.384 e. The van der Waals surface area contributed by atoms with Crippen LogP contribution in [0.4, 0.5) is 0 Å². The lowest BCUT2D eigenvalue weighted by atomic mass is 10.2. The number of amides is 1. The van der Waals surface area contributed by atoms with Gasteiger partial charge in [0.05, 0.1) is 13.2 Å². The van der Waals surface area contributed by atoms with E-state index in [0.29, 0.717) is 32.2 Å². The van der Waals surface area contributed by atoms with Crippen LogP contribution in [0.15, 0.2) is 0 Å². The zero-order chi connectivity index (χ0) is 11.5. The van der Waals surface area contributed by atoms with Crippen LogP contribution in [0.5, 0.6) is 0 Å². The Morgan fingerprint density at radius 1 is 1.33 bits per heavy atom. The summed E-state index contributed by atoms with van der Waals surface area (Å²) in [5.74, 6) is 0.415. The average Bonchev–Trinajstić information content (AvgIpc) is 2.18. The lowest BCUT2D eigenvalue weighted by Gasteiger charge is -2.11. The Kier molecular flexibility index (Phi) is 9.46. The van der Waals surface area contributed by atoms with Crippen molar-refractivity contribution in [1.29, 1.82) is 0 Å². The summed E-state index contributed by atoms with van der Waals surface area (Å²) in [6, 6.07) is 0. The van der Waals surface area contributed by atoms with Crippen molar-refractivity contribution in [2.45, 2.75) is 6.92 Å². The van der Waals surface area contributed by atoms with Gasteiger partial charge in [0.15, 0.2) is 0 Å². The molecule has 0 aliphatic rings. The quantitative estimate of drug-likeness (QED) is 0.518. The van der Waals surface area contributed by atoms with Crippen LogP contribution in [0, 0.1) is 5.92 Å². The molecule has 0 aliphatic carbocycles. The second-order valence-corrected chi connectivity index (χ2v) is 3.53. The summed E-state index contributed by atoms with van der Waals surface area (Å²) in [6.45, 7) is 5.01. The van der Waals surface area contributed by atoms with E-state index in [0.717, 1.165) is 6.54 Å². The molecule has 5 nitrogen and oxygen atoms in total. The number of hydrogen-bond acceptors (Lipinski definition) is 4. The fraction of sp³-hybridized carbons (Fsp3) is 0.900. The summed E-state index contributed by atoms with van der Waals surface area (Å²) in [5, 5.41) is 5.80. The van der Waals surface area contributed by atoms with Gasteiger partial charge in [0.1, 0.15) is 0 Å². The molecule has 0 saturated carbocycles. The Morgan fingerprint density at radius 2 is 2.07 bits per heavy atom. The Balaban J connectivity index is 3.30. The predicted octanol–water partition coefficient (Wildman–Crippen LogP) is -0.379. The van der Waals surface area contributed by atoms with Gasteiger partial charge in [-0.3, -0.25) is 4.79 Å². The minimum atomic E-state index is -0.00309. The topological polar surface area (TPSA) is 59.6 Å². The molecule has 2 N–H and O–H groups in total. The molecule has 0 fully saturated rings. The van der Waals surface area contributed by atoms with Gasteiger partial charge in [-0.1, -0.05) is 6.92 Å². The molecule has 0 aromatic carbocycles. The van der Waals surface area contributed by atoms with Crippen LogP contribution in [0.25, 0.3) is 0 Å². The molecule has 0 radical (unpaired) electrons. The molecule has 90 valence electrons. The Hall–Kier alpha value is -0.650. The zero-order valence-corrected chi connectivity index (χ0v) is 9.84. The molecule has 1 atom stereocenters. The first kappa shape index (κ1) is 14.3. The van der Waals surface area contributed by atoms with Crippen molar-refractivity contribution in [2.75, 3.05) is 47.1 Å². The number of carbonyl (C=O) groups excluding carboxylic acids is 1. The van der Waals surface area contributed by atoms with Gasteiger partial charge in [0.25, 0.3) is 0 Å². The van der Waals surface area contributed by atoms with E-state index in [1.807, 2.05) is 0 Å². The van der Waals surface area contributed by atoms with E-state index in [2.05, 4.69) is 17.6 Å². The number of hydrogen-bond donors (Lipinski definition) is 2. The molecule has 0 aromatic heterocycles. The Morgan fingerprint density at radius 3 is 2.67 bits per heavy atom. The number of carbonyl (C=O) groups is 1. The molecule has 0 aliphatic heterocycles. The van der Waals surface area contributed by atoms with Crippen LogP contribution < -0.4 is 10.6 Å². The summed E-state index contributed by atoms with van der Waals surface area (Å²) in [5.41, 5.74) is 0. The molecular weight excluding hydrogens is 196 g/mol. The second kappa shape index (κ2) is 9.89. The minimum absolute atomic E-state index is 0.00309. The van der Waals surface area contributed by atoms with E-state index in [4.69, 9.17) is 9.47 Å². The maximum absolute atomic E-state index is 11.2. The third kappa shape index (κ3) is 9.65. The van der Waals surface area contributed by atoms with Gasteiger partial charge in [-0.2, -0.15) is 0 Å². The second-order valence-electron chi connectivity index (χ2n) is 3.53. The molecule has 0 spiro atoms. The first-order chi connectivity index (χ1) is 7.20. The first-order valence-corrected chi connectivity index (χ1v) is 5.16. The molecular formula is C10H22N2O3. The molecule has 15 heavy (non-hydrogen) atoms. The largest absolute Gasteiger partial charge is 0.384 e. The lowest BCUT2D eigenvalue weighted by molar-refractivity contribution is -0.120. The highest BCUT2D eigenvalue weighted by Crippen LogP contribution is 1.91. The highest BCUT2D eigenvalue weighted by Gasteiger charge is 2.03. The average molecular weight is 218 g/mol. The van der Waals surface area contributed by atoms with Crippen molar-refractivity contribution in [1.82, 2.24) is 10.6 Å². The normalized spacial score (nSPS) is 12.5. The number of nitrogens with one attached hydrogen (secondary N) is 2. The standard InChI is InChI=1S/C10H22N2O3/c1-9(8-15-3)6-11-7-10(13)12-4-5-14-2/h9,11H,4-8H2,1-3H3,(H,12,13). The van der Waals surface area contributed by atoms with Gasteiger partial charge in [0, 0.05) is 33.9 Å². The maximum atomic E-state index is 11.2. The van der Waals surface area contributed by atoms with Gasteiger partial charge in [-0.25, -0.2) is 0 Å². The van der Waals surface area contributed by atoms with Crippen molar-refractivity contribution in [3.63, 3.8) is 0 Å². The smallest absolute Gasteiger partial charge is 0.234 e. The SMILES string of the molecule is COCCNC(=O)CNCC(C)COC. The predicted molar refractivity (Wildman–Crippen MR) is 58.8 cm³/mol. The summed E-state index contributed by atoms with van der Waals surface area (Å²) in [6.07, 6.45) is 0. The van der Waals surface area contributed by atoms with Gasteiger partial charge < -0.3 is 20.1 Å². The number of ether oxygens (including phenoxy) is 2. The van der Waals surface area contributed by atoms with Crippen LogP contribution in [0.2, 0.25) is 0 Å². The van der Waals surface area contributed by atoms with Crippen molar-refractivity contribution >= 4 is 5.91 Å². The van der Waals surface area contributed by atoms with E-state index in [1.54, 1.807) is 14.2 Å². The highest BCUT2D eigenvalue weighted by molar-refractivity contribution is 5.77. The molecule has 0 rings (SSSR count). The van der Waals surface area contributed by atoms with Crippen LogP contribution in [-0.2, 0) is 14.3 Å². The first-order valence-electron chi connectivity index (χ1n) is 5.16. The molecule has 0 aromatic rings. The van der Waals surface area contributed by atoms with Gasteiger partial charge in [-0.05, 0) is 5.92 Å². The Bertz CT molecular complexity index is 165. The van der Waals surface area contributed by atoms with Gasteiger partial charge in [0.2, 0.25) is 5.91 Å². The van der Waals surface area contributed by atoms with E-state index >= 15 is 0 Å². The Labute approximate surface area is 91.5 Å². The van der Waals surface area contributed by atoms with Crippen LogP contribution >= 0.6 is 0 Å². The van der Waals surface area contributed by atoms with Crippen molar-refractivity contribution in [3.8, 4) is 0 Å². The summed E-state index contributed by atoms with van der Waals surface area (Å²) in [4.78, 5) is 11.2. The molecule has 1 amide bonds. The van der Waals surface area contributed by atoms with E-state index in [1.165, 1.54) is 0 Å². The monoisotopic (exact) mass is 218 g/mol. The maximum Gasteiger partial charge on any atom is 0.234 e. The summed E-state index contributed by atoms with van der Waals surface area (Å²) >= 11 is 0. The lowest BCUT2D eigenvalue weighted by Crippen LogP contribution is -2.37. The summed E-state index contributed by atoms with van der Waals surface area (Å²) in [7, 11) is 3.28. The van der Waals surface area contributed by atoms with E-state index < -0.39 is 0 Å². The van der Waals surface area contributed by atoms with Crippen LogP contribution in [-0.4, -0.2) is 53.0 Å². The molecule has 1 unspecified atom stereocenters. The summed E-state index contributed by atoms with van der Waals surface area (Å²) < 4.78 is 9.80. The number of methoxy groups -OCH3 is 2. The van der Waals surface area contributed by atoms with Crippen molar-refractivity contribution in [3.05, 3.63) is 0 Å². The third-order valence-corrected chi connectivity index (χ3v) is 1.86. The van der Waals surface area contributed by atoms with E-state index in [-0.39, 0.29) is 5.91 Å². The van der Waals surface area contributed by atoms with E-state index in [9.17, 15) is 4.79 Å². The third-order valence-electron chi connectivity index (χ3n) is 1.86. The van der Waals surface area contributed by atoms with Crippen molar-refractivity contribution < 1.29 is 14.3 Å². The number of rotatable bonds is 9. The fourth-order valence-electron chi connectivity index (χ4n) is 1.13. The molecule has 0 bridgehead atoms. The van der Waals surface area contributed by atoms with Gasteiger partial charge in [-0.15, -0.1) is 0 Å². The van der Waals surface area contributed by atoms with Crippen molar-refractivity contribution in [2.24, 2.45) is 5.92 Å². The zero-order valence-electron chi connectivity index (χ0n) is 9.84. The van der Waals surface area contributed by atoms with Gasteiger partial charge >= 0.3 is 0 Å². The molecule has 0 saturated heterocycles.